The summed E-state index contributed by atoms with van der Waals surface area (Å²) < 4.78 is 0. The quantitative estimate of drug-likeness (QED) is 0.626. The summed E-state index contributed by atoms with van der Waals surface area (Å²) in [4.78, 5) is 17.0. The van der Waals surface area contributed by atoms with Crippen LogP contribution in [0.1, 0.15) is 25.5 Å². The number of anilines is 1. The van der Waals surface area contributed by atoms with E-state index < -0.39 is 0 Å². The van der Waals surface area contributed by atoms with Gasteiger partial charge in [-0.3, -0.25) is 15.1 Å². The van der Waals surface area contributed by atoms with E-state index in [2.05, 4.69) is 18.8 Å². The molecule has 0 amide bonds. The van der Waals surface area contributed by atoms with Gasteiger partial charge in [0, 0.05) is 43.0 Å². The Hall–Kier alpha value is -2.17. The van der Waals surface area contributed by atoms with Gasteiger partial charge in [0.15, 0.2) is 0 Å². The lowest BCUT2D eigenvalue weighted by Crippen LogP contribution is -2.11. The molecule has 0 saturated heterocycles. The summed E-state index contributed by atoms with van der Waals surface area (Å²) in [7, 11) is 3.86. The number of benzene rings is 1. The molecule has 0 atom stereocenters. The molecule has 0 fully saturated rings. The van der Waals surface area contributed by atoms with E-state index in [-0.39, 0.29) is 10.6 Å². The van der Waals surface area contributed by atoms with Crippen LogP contribution in [0.3, 0.4) is 0 Å². The molecule has 0 aliphatic carbocycles. The smallest absolute Gasteiger partial charge is 0.270 e. The number of nitro groups is 1. The minimum Gasteiger partial charge on any atom is -0.377 e. The minimum absolute atomic E-state index is 0.0923. The number of hydrogen-bond acceptors (Lipinski definition) is 4. The largest absolute Gasteiger partial charge is 0.377 e. The third-order valence-electron chi connectivity index (χ3n) is 3.07. The Morgan fingerprint density at radius 2 is 1.95 bits per heavy atom. The van der Waals surface area contributed by atoms with Crippen molar-refractivity contribution in [2.24, 2.45) is 0 Å². The van der Waals surface area contributed by atoms with E-state index in [4.69, 9.17) is 0 Å². The first-order valence-corrected chi connectivity index (χ1v) is 6.16. The highest BCUT2D eigenvalue weighted by Crippen LogP contribution is 2.30. The van der Waals surface area contributed by atoms with Crippen LogP contribution in [-0.2, 0) is 0 Å². The minimum atomic E-state index is -0.380. The summed E-state index contributed by atoms with van der Waals surface area (Å²) in [5.41, 5.74) is 2.83. The second-order valence-corrected chi connectivity index (χ2v) is 5.07. The molecule has 19 heavy (non-hydrogen) atoms. The molecule has 0 spiro atoms. The maximum atomic E-state index is 10.9. The van der Waals surface area contributed by atoms with Crippen LogP contribution in [-0.4, -0.2) is 24.0 Å². The van der Waals surface area contributed by atoms with Crippen molar-refractivity contribution in [3.8, 4) is 0 Å². The average Bonchev–Trinajstić information content (AvgIpc) is 2.36. The van der Waals surface area contributed by atoms with Crippen molar-refractivity contribution in [2.45, 2.75) is 19.8 Å². The van der Waals surface area contributed by atoms with Gasteiger partial charge in [-0.2, -0.15) is 0 Å². The van der Waals surface area contributed by atoms with Gasteiger partial charge >= 0.3 is 0 Å². The van der Waals surface area contributed by atoms with Crippen molar-refractivity contribution in [3.05, 3.63) is 40.1 Å². The number of fused-ring (bicyclic) bond motifs is 1. The van der Waals surface area contributed by atoms with E-state index in [9.17, 15) is 10.1 Å². The Morgan fingerprint density at radius 1 is 1.26 bits per heavy atom. The third-order valence-corrected chi connectivity index (χ3v) is 3.07. The van der Waals surface area contributed by atoms with E-state index in [1.54, 1.807) is 12.1 Å². The van der Waals surface area contributed by atoms with Crippen LogP contribution in [0.4, 0.5) is 11.4 Å². The predicted molar refractivity (Wildman–Crippen MR) is 76.8 cm³/mol. The van der Waals surface area contributed by atoms with Crippen LogP contribution >= 0.6 is 0 Å². The molecule has 0 unspecified atom stereocenters. The van der Waals surface area contributed by atoms with Crippen molar-refractivity contribution in [2.75, 3.05) is 19.0 Å². The van der Waals surface area contributed by atoms with Gasteiger partial charge in [-0.15, -0.1) is 0 Å². The Labute approximate surface area is 112 Å². The summed E-state index contributed by atoms with van der Waals surface area (Å²) in [6, 6.07) is 6.80. The summed E-state index contributed by atoms with van der Waals surface area (Å²) in [6.07, 6.45) is 0. The van der Waals surface area contributed by atoms with Crippen LogP contribution in [0.15, 0.2) is 24.3 Å². The zero-order chi connectivity index (χ0) is 14.2. The number of aromatic nitrogens is 1. The fraction of sp³-hybridized carbons (Fsp3) is 0.357. The predicted octanol–water partition coefficient (Wildman–Crippen LogP) is 3.33. The molecule has 0 aliphatic rings. The van der Waals surface area contributed by atoms with E-state index in [0.717, 1.165) is 22.3 Å². The van der Waals surface area contributed by atoms with Gasteiger partial charge in [0.1, 0.15) is 0 Å². The standard InChI is InChI=1S/C14H17N3O2/c1-9(2)13-8-14(16(3)4)11-7-10(17(18)19)5-6-12(11)15-13/h5-9H,1-4H3. The topological polar surface area (TPSA) is 59.3 Å². The lowest BCUT2D eigenvalue weighted by Gasteiger charge is -2.17. The molecular formula is C14H17N3O2. The second-order valence-electron chi connectivity index (χ2n) is 5.07. The number of nitro benzene ring substituents is 1. The Bertz CT molecular complexity index is 636. The summed E-state index contributed by atoms with van der Waals surface area (Å²) in [6.45, 7) is 4.16. The molecule has 1 aromatic carbocycles. The highest BCUT2D eigenvalue weighted by atomic mass is 16.6. The molecule has 0 aliphatic heterocycles. The van der Waals surface area contributed by atoms with Crippen LogP contribution in [0.5, 0.6) is 0 Å². The summed E-state index contributed by atoms with van der Waals surface area (Å²) in [5.74, 6) is 0.318. The Balaban J connectivity index is 2.76. The maximum absolute atomic E-state index is 10.9. The number of rotatable bonds is 3. The molecule has 5 nitrogen and oxygen atoms in total. The zero-order valence-corrected chi connectivity index (χ0v) is 11.5. The maximum Gasteiger partial charge on any atom is 0.270 e. The van der Waals surface area contributed by atoms with E-state index in [0.29, 0.717) is 5.92 Å². The first-order chi connectivity index (χ1) is 8.90. The highest BCUT2D eigenvalue weighted by molar-refractivity contribution is 5.93. The molecular weight excluding hydrogens is 242 g/mol. The zero-order valence-electron chi connectivity index (χ0n) is 11.5. The van der Waals surface area contributed by atoms with Crippen LogP contribution in [0, 0.1) is 10.1 Å². The molecule has 0 radical (unpaired) electrons. The number of non-ortho nitro benzene ring substituents is 1. The molecule has 1 heterocycles. The second kappa shape index (κ2) is 4.84. The summed E-state index contributed by atoms with van der Waals surface area (Å²) >= 11 is 0. The van der Waals surface area contributed by atoms with Crippen LogP contribution < -0.4 is 4.90 Å². The van der Waals surface area contributed by atoms with Crippen molar-refractivity contribution in [3.63, 3.8) is 0 Å². The first kappa shape index (κ1) is 13.3. The molecule has 0 bridgehead atoms. The Kier molecular flexibility index (Phi) is 3.38. The molecule has 5 heteroatoms. The van der Waals surface area contributed by atoms with E-state index in [1.807, 2.05) is 25.1 Å². The fourth-order valence-corrected chi connectivity index (χ4v) is 2.00. The van der Waals surface area contributed by atoms with Gasteiger partial charge in [-0.25, -0.2) is 0 Å². The van der Waals surface area contributed by atoms with Crippen LogP contribution in [0.2, 0.25) is 0 Å². The molecule has 0 saturated carbocycles. The van der Waals surface area contributed by atoms with Crippen molar-refractivity contribution >= 4 is 22.3 Å². The normalized spacial score (nSPS) is 11.0. The average molecular weight is 259 g/mol. The van der Waals surface area contributed by atoms with Crippen molar-refractivity contribution in [1.29, 1.82) is 0 Å². The molecule has 0 N–H and O–H groups in total. The number of nitrogens with zero attached hydrogens (tertiary/aromatic N) is 3. The van der Waals surface area contributed by atoms with Crippen molar-refractivity contribution in [1.82, 2.24) is 4.98 Å². The van der Waals surface area contributed by atoms with Gasteiger partial charge in [-0.05, 0) is 18.1 Å². The number of hydrogen-bond donors (Lipinski definition) is 0. The molecule has 2 aromatic rings. The third kappa shape index (κ3) is 2.50. The summed E-state index contributed by atoms with van der Waals surface area (Å²) in [5, 5.41) is 11.7. The van der Waals surface area contributed by atoms with Crippen molar-refractivity contribution < 1.29 is 4.92 Å². The van der Waals surface area contributed by atoms with E-state index in [1.165, 1.54) is 6.07 Å². The fourth-order valence-electron chi connectivity index (χ4n) is 2.00. The number of pyridine rings is 1. The first-order valence-electron chi connectivity index (χ1n) is 6.16. The SMILES string of the molecule is CC(C)c1cc(N(C)C)c2cc([N+](=O)[O-])ccc2n1. The molecule has 100 valence electrons. The van der Waals surface area contributed by atoms with Gasteiger partial charge in [0.2, 0.25) is 0 Å². The van der Waals surface area contributed by atoms with Gasteiger partial charge in [0.25, 0.3) is 5.69 Å². The van der Waals surface area contributed by atoms with Gasteiger partial charge in [0.05, 0.1) is 10.4 Å². The van der Waals surface area contributed by atoms with E-state index >= 15 is 0 Å². The highest BCUT2D eigenvalue weighted by Gasteiger charge is 2.13. The molecule has 1 aromatic heterocycles. The molecule has 2 rings (SSSR count). The Morgan fingerprint density at radius 3 is 2.47 bits per heavy atom. The lowest BCUT2D eigenvalue weighted by molar-refractivity contribution is -0.384. The lowest BCUT2D eigenvalue weighted by atomic mass is 10.1. The van der Waals surface area contributed by atoms with Gasteiger partial charge < -0.3 is 4.90 Å². The van der Waals surface area contributed by atoms with Crippen LogP contribution in [0.25, 0.3) is 10.9 Å². The monoisotopic (exact) mass is 259 g/mol. The van der Waals surface area contributed by atoms with Gasteiger partial charge in [-0.1, -0.05) is 13.8 Å².